The molecule has 14 heavy (non-hydrogen) atoms. The van der Waals surface area contributed by atoms with Gasteiger partial charge in [0.2, 0.25) is 0 Å². The molecule has 2 heteroatoms. The summed E-state index contributed by atoms with van der Waals surface area (Å²) in [7, 11) is 0. The van der Waals surface area contributed by atoms with Crippen LogP contribution in [-0.4, -0.2) is 40.3 Å². The van der Waals surface area contributed by atoms with Crippen LogP contribution >= 0.6 is 0 Å². The second-order valence-corrected chi connectivity index (χ2v) is 4.06. The summed E-state index contributed by atoms with van der Waals surface area (Å²) in [5.41, 5.74) is -0.492. The molecular formula is C12H21NaO. The molecule has 0 aromatic rings. The van der Waals surface area contributed by atoms with Crippen LogP contribution < -0.4 is 0 Å². The van der Waals surface area contributed by atoms with Crippen molar-refractivity contribution in [2.75, 3.05) is 0 Å². The second-order valence-electron chi connectivity index (χ2n) is 4.06. The van der Waals surface area contributed by atoms with Gasteiger partial charge in [-0.05, 0) is 31.6 Å². The van der Waals surface area contributed by atoms with Gasteiger partial charge in [-0.15, -0.1) is 13.2 Å². The monoisotopic (exact) mass is 204 g/mol. The van der Waals surface area contributed by atoms with Gasteiger partial charge in [0, 0.05) is 0 Å². The van der Waals surface area contributed by atoms with Crippen molar-refractivity contribution in [2.45, 2.75) is 44.1 Å². The maximum atomic E-state index is 10.3. The van der Waals surface area contributed by atoms with E-state index in [9.17, 15) is 5.11 Å². The van der Waals surface area contributed by atoms with E-state index in [-0.39, 0.29) is 29.6 Å². The van der Waals surface area contributed by atoms with Gasteiger partial charge in [-0.25, -0.2) is 0 Å². The molecule has 0 saturated heterocycles. The summed E-state index contributed by atoms with van der Waals surface area (Å²) in [6.07, 6.45) is 9.88. The molecule has 0 aliphatic heterocycles. The van der Waals surface area contributed by atoms with Crippen LogP contribution in [0.5, 0.6) is 0 Å². The first-order valence-electron chi connectivity index (χ1n) is 5.17. The van der Waals surface area contributed by atoms with Crippen LogP contribution in [0.15, 0.2) is 25.3 Å². The van der Waals surface area contributed by atoms with E-state index >= 15 is 0 Å². The summed E-state index contributed by atoms with van der Waals surface area (Å²) in [6.45, 7) is 7.45. The molecule has 0 spiro atoms. The Balaban J connectivity index is 0.00000169. The molecule has 76 valence electrons. The van der Waals surface area contributed by atoms with Gasteiger partial charge < -0.3 is 5.11 Å². The Morgan fingerprint density at radius 1 is 1.29 bits per heavy atom. The summed E-state index contributed by atoms with van der Waals surface area (Å²) in [5.74, 6) is 0.400. The topological polar surface area (TPSA) is 20.2 Å². The van der Waals surface area contributed by atoms with Crippen molar-refractivity contribution in [3.8, 4) is 0 Å². The van der Waals surface area contributed by atoms with Gasteiger partial charge in [0.25, 0.3) is 0 Å². The zero-order valence-electron chi connectivity index (χ0n) is 8.34. The Morgan fingerprint density at radius 2 is 2.00 bits per heavy atom. The molecule has 0 radical (unpaired) electrons. The van der Waals surface area contributed by atoms with Crippen LogP contribution in [0.3, 0.4) is 0 Å². The molecule has 0 bridgehead atoms. The molecule has 0 aromatic carbocycles. The van der Waals surface area contributed by atoms with E-state index in [1.807, 2.05) is 12.2 Å². The molecule has 1 nitrogen and oxygen atoms in total. The zero-order valence-corrected chi connectivity index (χ0v) is 8.34. The van der Waals surface area contributed by atoms with E-state index < -0.39 is 5.60 Å². The van der Waals surface area contributed by atoms with Gasteiger partial charge in [0.05, 0.1) is 5.60 Å². The predicted octanol–water partition coefficient (Wildman–Crippen LogP) is 2.41. The Hall–Kier alpha value is 0.440. The summed E-state index contributed by atoms with van der Waals surface area (Å²) >= 11 is 0. The first-order valence-corrected chi connectivity index (χ1v) is 5.17. The minimum absolute atomic E-state index is 0. The van der Waals surface area contributed by atoms with E-state index in [2.05, 4.69) is 13.2 Å². The van der Waals surface area contributed by atoms with E-state index in [0.717, 1.165) is 32.1 Å². The molecule has 0 amide bonds. The molecule has 1 fully saturated rings. The van der Waals surface area contributed by atoms with E-state index in [4.69, 9.17) is 0 Å². The fraction of sp³-hybridized carbons (Fsp3) is 0.667. The van der Waals surface area contributed by atoms with E-state index in [0.29, 0.717) is 5.92 Å². The van der Waals surface area contributed by atoms with Crippen molar-refractivity contribution in [1.29, 1.82) is 0 Å². The molecule has 1 aliphatic carbocycles. The van der Waals surface area contributed by atoms with Crippen LogP contribution in [0.1, 0.15) is 38.5 Å². The van der Waals surface area contributed by atoms with Gasteiger partial charge in [-0.1, -0.05) is 25.0 Å². The number of hydrogen-bond acceptors (Lipinski definition) is 1. The first-order chi connectivity index (χ1) is 6.23. The normalized spacial score (nSPS) is 31.6. The van der Waals surface area contributed by atoms with Crippen molar-refractivity contribution < 1.29 is 5.11 Å². The molecule has 1 N–H and O–H groups in total. The Labute approximate surface area is 110 Å². The van der Waals surface area contributed by atoms with Crippen LogP contribution in [-0.2, 0) is 0 Å². The second kappa shape index (κ2) is 6.84. The minimum atomic E-state index is -0.492. The third kappa shape index (κ3) is 3.54. The molecule has 2 unspecified atom stereocenters. The standard InChI is InChI=1S/C12H20O.Na.H/c1-3-7-11-8-5-6-10-12(11,13)9-4-2;;/h3-4,11,13H,1-2,5-10H2;;. The molecule has 0 heterocycles. The van der Waals surface area contributed by atoms with Crippen LogP contribution in [0.25, 0.3) is 0 Å². The Morgan fingerprint density at radius 3 is 2.57 bits per heavy atom. The van der Waals surface area contributed by atoms with Gasteiger partial charge in [-0.3, -0.25) is 0 Å². The van der Waals surface area contributed by atoms with E-state index in [1.54, 1.807) is 0 Å². The molecule has 1 aliphatic rings. The van der Waals surface area contributed by atoms with Crippen molar-refractivity contribution in [3.63, 3.8) is 0 Å². The SMILES string of the molecule is C=CCC1CCCCC1(O)CC=C.[NaH]. The summed E-state index contributed by atoms with van der Waals surface area (Å²) < 4.78 is 0. The third-order valence-corrected chi connectivity index (χ3v) is 3.12. The number of aliphatic hydroxyl groups is 1. The van der Waals surface area contributed by atoms with Crippen LogP contribution in [0.2, 0.25) is 0 Å². The van der Waals surface area contributed by atoms with E-state index in [1.165, 1.54) is 6.42 Å². The van der Waals surface area contributed by atoms with Gasteiger partial charge in [-0.2, -0.15) is 0 Å². The zero-order chi connectivity index (χ0) is 9.73. The maximum absolute atomic E-state index is 10.3. The fourth-order valence-corrected chi connectivity index (χ4v) is 2.35. The van der Waals surface area contributed by atoms with Crippen LogP contribution in [0.4, 0.5) is 0 Å². The summed E-state index contributed by atoms with van der Waals surface area (Å²) in [5, 5.41) is 10.3. The number of rotatable bonds is 4. The average Bonchev–Trinajstić information content (AvgIpc) is 2.10. The molecule has 1 rings (SSSR count). The molecule has 1 saturated carbocycles. The van der Waals surface area contributed by atoms with Gasteiger partial charge in [0.15, 0.2) is 0 Å². The molecule has 0 aromatic heterocycles. The van der Waals surface area contributed by atoms with Gasteiger partial charge >= 0.3 is 29.6 Å². The first kappa shape index (κ1) is 14.4. The average molecular weight is 204 g/mol. The Bertz CT molecular complexity index is 191. The third-order valence-electron chi connectivity index (χ3n) is 3.12. The predicted molar refractivity (Wildman–Crippen MR) is 63.7 cm³/mol. The van der Waals surface area contributed by atoms with Crippen molar-refractivity contribution in [1.82, 2.24) is 0 Å². The van der Waals surface area contributed by atoms with Crippen LogP contribution in [0, 0.1) is 5.92 Å². The van der Waals surface area contributed by atoms with Crippen molar-refractivity contribution in [2.24, 2.45) is 5.92 Å². The van der Waals surface area contributed by atoms with Gasteiger partial charge in [0.1, 0.15) is 0 Å². The summed E-state index contributed by atoms with van der Waals surface area (Å²) in [6, 6.07) is 0. The van der Waals surface area contributed by atoms with Crippen molar-refractivity contribution in [3.05, 3.63) is 25.3 Å². The Kier molecular flexibility index (Phi) is 7.05. The van der Waals surface area contributed by atoms with Crippen molar-refractivity contribution >= 4 is 29.6 Å². The summed E-state index contributed by atoms with van der Waals surface area (Å²) in [4.78, 5) is 0. The molecule has 2 atom stereocenters. The number of allylic oxidation sites excluding steroid dienone is 1. The quantitative estimate of drug-likeness (QED) is 0.551. The number of hydrogen-bond donors (Lipinski definition) is 1. The molecular weight excluding hydrogens is 183 g/mol. The fourth-order valence-electron chi connectivity index (χ4n) is 2.35.